The molecule has 0 spiro atoms. The summed E-state index contributed by atoms with van der Waals surface area (Å²) >= 11 is 0. The van der Waals surface area contributed by atoms with Crippen molar-refractivity contribution in [1.29, 1.82) is 0 Å². The van der Waals surface area contributed by atoms with Crippen LogP contribution in [-0.2, 0) is 4.74 Å². The Hall–Kier alpha value is -4.63. The number of amides is 1. The van der Waals surface area contributed by atoms with E-state index in [9.17, 15) is 13.6 Å². The number of hydrogen-bond donors (Lipinski definition) is 0. The van der Waals surface area contributed by atoms with Gasteiger partial charge in [0.05, 0.1) is 16.5 Å². The van der Waals surface area contributed by atoms with E-state index >= 15 is 4.39 Å². The third-order valence-corrected chi connectivity index (χ3v) is 9.97. The van der Waals surface area contributed by atoms with Gasteiger partial charge in [-0.1, -0.05) is 30.2 Å². The number of ether oxygens (including phenoxy) is 2. The van der Waals surface area contributed by atoms with E-state index in [0.29, 0.717) is 60.0 Å². The number of carbonyl (C=O) groups excluding carboxylic acids is 1. The highest BCUT2D eigenvalue weighted by molar-refractivity contribution is 6.02. The summed E-state index contributed by atoms with van der Waals surface area (Å²) in [7, 11) is 1.83. The minimum absolute atomic E-state index is 0.0143. The van der Waals surface area contributed by atoms with Gasteiger partial charge in [0.1, 0.15) is 41.2 Å². The van der Waals surface area contributed by atoms with Crippen molar-refractivity contribution in [2.24, 2.45) is 0 Å². The average molecular weight is 673 g/mol. The monoisotopic (exact) mass is 672 g/mol. The molecule has 3 fully saturated rings. The summed E-state index contributed by atoms with van der Waals surface area (Å²) in [6.07, 6.45) is 8.56. The molecule has 0 aliphatic carbocycles. The van der Waals surface area contributed by atoms with Gasteiger partial charge in [-0.25, -0.2) is 18.0 Å². The number of nitrogens with zero attached hydrogens (tertiary/aromatic N) is 6. The Morgan fingerprint density at radius 3 is 2.76 bits per heavy atom. The molecule has 12 heteroatoms. The number of fused-ring (bicyclic) bond motifs is 3. The number of halogens is 3. The largest absolute Gasteiger partial charge is 0.461 e. The van der Waals surface area contributed by atoms with Crippen molar-refractivity contribution in [2.75, 3.05) is 44.7 Å². The maximum atomic E-state index is 16.9. The van der Waals surface area contributed by atoms with Gasteiger partial charge >= 0.3 is 12.1 Å². The van der Waals surface area contributed by atoms with Gasteiger partial charge in [0.15, 0.2) is 5.82 Å². The number of alkyl halides is 1. The zero-order valence-electron chi connectivity index (χ0n) is 28.1. The normalized spacial score (nSPS) is 22.4. The van der Waals surface area contributed by atoms with Crippen LogP contribution in [0.15, 0.2) is 36.5 Å². The lowest BCUT2D eigenvalue weighted by atomic mass is 9.95. The topological polar surface area (TPSA) is 83.9 Å². The molecule has 9 nitrogen and oxygen atoms in total. The number of rotatable bonds is 6. The molecule has 3 aliphatic rings. The fourth-order valence-corrected chi connectivity index (χ4v) is 7.61. The van der Waals surface area contributed by atoms with Crippen molar-refractivity contribution in [3.05, 3.63) is 53.7 Å². The SMILES string of the molecule is C#Cc1c(F)ccc2cccc(-c3ncc4c(N(C)[C@@H]5CCN(C(=O)OC(C)(C)C)C5)nc(OC[C@]56CCCN5C[C@H](F)C6)nc4c3F)c12. The molecule has 3 saturated heterocycles. The molecule has 3 atom stereocenters. The van der Waals surface area contributed by atoms with Crippen LogP contribution >= 0.6 is 0 Å². The lowest BCUT2D eigenvalue weighted by Crippen LogP contribution is -2.43. The predicted molar refractivity (Wildman–Crippen MR) is 181 cm³/mol. The van der Waals surface area contributed by atoms with Crippen LogP contribution < -0.4 is 9.64 Å². The minimum Gasteiger partial charge on any atom is -0.461 e. The van der Waals surface area contributed by atoms with E-state index in [2.05, 4.69) is 20.8 Å². The molecule has 3 aliphatic heterocycles. The Morgan fingerprint density at radius 2 is 1.98 bits per heavy atom. The Balaban J connectivity index is 1.30. The minimum atomic E-state index is -0.942. The summed E-state index contributed by atoms with van der Waals surface area (Å²) in [6, 6.07) is 7.81. The van der Waals surface area contributed by atoms with E-state index in [0.717, 1.165) is 19.4 Å². The Labute approximate surface area is 283 Å². The molecule has 4 aromatic rings. The molecule has 0 N–H and O–H groups in total. The fourth-order valence-electron chi connectivity index (χ4n) is 7.61. The van der Waals surface area contributed by atoms with Gasteiger partial charge in [-0.2, -0.15) is 9.97 Å². The van der Waals surface area contributed by atoms with Crippen molar-refractivity contribution < 1.29 is 27.4 Å². The van der Waals surface area contributed by atoms with Crippen LogP contribution in [0.2, 0.25) is 0 Å². The summed E-state index contributed by atoms with van der Waals surface area (Å²) < 4.78 is 58.0. The summed E-state index contributed by atoms with van der Waals surface area (Å²) in [4.78, 5) is 32.4. The lowest BCUT2D eigenvalue weighted by molar-refractivity contribution is 0.0292. The number of pyridine rings is 1. The number of carbonyl (C=O) groups is 1. The van der Waals surface area contributed by atoms with E-state index in [4.69, 9.17) is 20.9 Å². The second-order valence-electron chi connectivity index (χ2n) is 14.3. The first-order chi connectivity index (χ1) is 23.4. The van der Waals surface area contributed by atoms with Crippen molar-refractivity contribution in [3.63, 3.8) is 0 Å². The third-order valence-electron chi connectivity index (χ3n) is 9.97. The maximum Gasteiger partial charge on any atom is 0.410 e. The molecule has 5 heterocycles. The smallest absolute Gasteiger partial charge is 0.410 e. The van der Waals surface area contributed by atoms with Gasteiger partial charge in [0, 0.05) is 56.3 Å². The summed E-state index contributed by atoms with van der Waals surface area (Å²) in [6.45, 7) is 7.62. The Kier molecular flexibility index (Phi) is 8.30. The number of aromatic nitrogens is 3. The van der Waals surface area contributed by atoms with E-state index in [1.54, 1.807) is 29.2 Å². The molecule has 0 unspecified atom stereocenters. The first-order valence-corrected chi connectivity index (χ1v) is 16.6. The molecule has 1 amide bonds. The quantitative estimate of drug-likeness (QED) is 0.215. The number of hydrogen-bond acceptors (Lipinski definition) is 8. The molecule has 2 aromatic heterocycles. The highest BCUT2D eigenvalue weighted by atomic mass is 19.1. The second kappa shape index (κ2) is 12.4. The lowest BCUT2D eigenvalue weighted by Gasteiger charge is -2.31. The van der Waals surface area contributed by atoms with Crippen LogP contribution in [0.4, 0.5) is 23.8 Å². The van der Waals surface area contributed by atoms with Crippen LogP contribution in [0.25, 0.3) is 32.9 Å². The molecule has 2 aromatic carbocycles. The Bertz CT molecular complexity index is 1990. The molecule has 0 saturated carbocycles. The van der Waals surface area contributed by atoms with Crippen LogP contribution in [0, 0.1) is 24.0 Å². The predicted octanol–water partition coefficient (Wildman–Crippen LogP) is 6.51. The van der Waals surface area contributed by atoms with E-state index in [-0.39, 0.29) is 35.4 Å². The highest BCUT2D eigenvalue weighted by Gasteiger charge is 2.49. The van der Waals surface area contributed by atoms with E-state index < -0.39 is 35.0 Å². The highest BCUT2D eigenvalue weighted by Crippen LogP contribution is 2.41. The van der Waals surface area contributed by atoms with Gasteiger partial charge in [0.25, 0.3) is 0 Å². The second-order valence-corrected chi connectivity index (χ2v) is 14.3. The zero-order chi connectivity index (χ0) is 34.7. The van der Waals surface area contributed by atoms with Crippen molar-refractivity contribution in [2.45, 2.75) is 69.8 Å². The van der Waals surface area contributed by atoms with Crippen LogP contribution in [0.5, 0.6) is 6.01 Å². The number of benzene rings is 2. The summed E-state index contributed by atoms with van der Waals surface area (Å²) in [5.74, 6) is 1.45. The zero-order valence-corrected chi connectivity index (χ0v) is 28.1. The van der Waals surface area contributed by atoms with Crippen molar-refractivity contribution >= 4 is 33.6 Å². The van der Waals surface area contributed by atoms with Crippen LogP contribution in [0.3, 0.4) is 0 Å². The summed E-state index contributed by atoms with van der Waals surface area (Å²) in [5, 5.41) is 1.34. The van der Waals surface area contributed by atoms with Gasteiger partial charge in [-0.3, -0.25) is 9.88 Å². The number of likely N-dealkylation sites (N-methyl/N-ethyl adjacent to an activating group) is 1. The molecule has 256 valence electrons. The number of likely N-dealkylation sites (tertiary alicyclic amines) is 1. The molecule has 0 radical (unpaired) electrons. The first kappa shape index (κ1) is 32.9. The van der Waals surface area contributed by atoms with Gasteiger partial charge in [-0.15, -0.1) is 6.42 Å². The number of anilines is 1. The van der Waals surface area contributed by atoms with Gasteiger partial charge < -0.3 is 19.3 Å². The van der Waals surface area contributed by atoms with Gasteiger partial charge in [-0.05, 0) is 58.0 Å². The maximum absolute atomic E-state index is 16.9. The third kappa shape index (κ3) is 5.98. The molecule has 49 heavy (non-hydrogen) atoms. The number of terminal acetylenes is 1. The van der Waals surface area contributed by atoms with Crippen molar-refractivity contribution in [3.8, 4) is 29.6 Å². The van der Waals surface area contributed by atoms with Crippen molar-refractivity contribution in [1.82, 2.24) is 24.8 Å². The molecular weight excluding hydrogens is 633 g/mol. The summed E-state index contributed by atoms with van der Waals surface area (Å²) in [5.41, 5.74) is -0.852. The van der Waals surface area contributed by atoms with E-state index in [1.165, 1.54) is 12.3 Å². The molecule has 0 bridgehead atoms. The van der Waals surface area contributed by atoms with E-state index in [1.807, 2.05) is 32.7 Å². The van der Waals surface area contributed by atoms with Crippen LogP contribution in [0.1, 0.15) is 52.0 Å². The average Bonchev–Trinajstić information content (AvgIpc) is 3.77. The van der Waals surface area contributed by atoms with Crippen LogP contribution in [-0.4, -0.2) is 94.0 Å². The molecule has 7 rings (SSSR count). The molecular formula is C37H39F3N6O3. The standard InChI is InChI=1S/C37H39F3N6O3/c1-6-25-28(39)12-11-22-9-7-10-26(29(22)25)31-30(40)32-27(18-41-31)33(44(5)24-13-16-45(20-24)35(47)49-36(2,3)4)43-34(42-32)48-21-37-14-8-15-46(37)19-23(38)17-37/h1,7,9-12,18,23-24H,8,13-17,19-21H2,2-5H3/t23-,24-,37-/m1/s1. The van der Waals surface area contributed by atoms with Gasteiger partial charge in [0.2, 0.25) is 0 Å². The fraction of sp³-hybridized carbons (Fsp3) is 0.459. The first-order valence-electron chi connectivity index (χ1n) is 16.6. The Morgan fingerprint density at radius 1 is 1.16 bits per heavy atom.